The summed E-state index contributed by atoms with van der Waals surface area (Å²) in [4.78, 5) is 0. The largest absolute Gasteiger partial charge is 2.00 e. The van der Waals surface area contributed by atoms with Gasteiger partial charge in [-0.1, -0.05) is 82.1 Å². The van der Waals surface area contributed by atoms with Crippen LogP contribution in [0.4, 0.5) is 0 Å². The van der Waals surface area contributed by atoms with Crippen molar-refractivity contribution >= 4 is 26.5 Å². The molecule has 0 heterocycles. The van der Waals surface area contributed by atoms with Gasteiger partial charge in [0.05, 0.1) is 0 Å². The van der Waals surface area contributed by atoms with Gasteiger partial charge in [-0.3, -0.25) is 0 Å². The Labute approximate surface area is 206 Å². The van der Waals surface area contributed by atoms with E-state index in [0.29, 0.717) is 0 Å². The minimum atomic E-state index is 0. The van der Waals surface area contributed by atoms with Crippen molar-refractivity contribution in [1.82, 2.24) is 0 Å². The van der Waals surface area contributed by atoms with Crippen LogP contribution >= 0.6 is 15.8 Å². The minimum absolute atomic E-state index is 0. The maximum Gasteiger partial charge on any atom is 2.00 e. The Morgan fingerprint density at radius 3 is 1.45 bits per heavy atom. The van der Waals surface area contributed by atoms with E-state index in [1.165, 1.54) is 64.2 Å². The molecule has 0 N–H and O–H groups in total. The third-order valence-electron chi connectivity index (χ3n) is 6.94. The smallest absolute Gasteiger partial charge is 0.213 e. The van der Waals surface area contributed by atoms with Crippen molar-refractivity contribution in [3.05, 3.63) is 48.5 Å². The van der Waals surface area contributed by atoms with Crippen LogP contribution in [-0.4, -0.2) is 22.6 Å². The van der Waals surface area contributed by atoms with Gasteiger partial charge < -0.3 is 0 Å². The fraction of sp³-hybridized carbons (Fsp3) is 0.643. The van der Waals surface area contributed by atoms with E-state index < -0.39 is 0 Å². The molecule has 2 aliphatic carbocycles. The molecule has 2 aliphatic rings. The Hall–Kier alpha value is 0.0795. The van der Waals surface area contributed by atoms with Gasteiger partial charge in [0.15, 0.2) is 0 Å². The Morgan fingerprint density at radius 1 is 0.677 bits per heavy atom. The summed E-state index contributed by atoms with van der Waals surface area (Å²) in [6.07, 6.45) is 15.1. The van der Waals surface area contributed by atoms with Crippen LogP contribution in [0.5, 0.6) is 0 Å². The Kier molecular flexibility index (Phi) is 12.7. The van der Waals surface area contributed by atoms with Crippen LogP contribution in [0, 0.1) is 0 Å². The fourth-order valence-corrected chi connectivity index (χ4v) is 12.4. The SMILES string of the molecule is CC(C)P(c1ccc[cH-]1)C(C)C.[Fe+2].c1c[cH-]c(P(C2CCCCC2)C2CCCCC2)c1. The summed E-state index contributed by atoms with van der Waals surface area (Å²) in [5.41, 5.74) is 3.73. The van der Waals surface area contributed by atoms with Crippen molar-refractivity contribution in [1.29, 1.82) is 0 Å². The van der Waals surface area contributed by atoms with E-state index in [1.807, 2.05) is 0 Å². The zero-order valence-electron chi connectivity index (χ0n) is 20.2. The maximum absolute atomic E-state index is 2.43. The summed E-state index contributed by atoms with van der Waals surface area (Å²) in [6.45, 7) is 9.33. The molecule has 4 rings (SSSR count). The van der Waals surface area contributed by atoms with Crippen molar-refractivity contribution in [2.24, 2.45) is 0 Å². The van der Waals surface area contributed by atoms with Gasteiger partial charge in [0.25, 0.3) is 0 Å². The summed E-state index contributed by atoms with van der Waals surface area (Å²) in [6, 6.07) is 18.2. The van der Waals surface area contributed by atoms with Crippen LogP contribution in [-0.2, 0) is 17.1 Å². The van der Waals surface area contributed by atoms with Crippen LogP contribution < -0.4 is 10.6 Å². The first-order valence-corrected chi connectivity index (χ1v) is 15.5. The molecule has 0 aliphatic heterocycles. The molecule has 0 saturated heterocycles. The van der Waals surface area contributed by atoms with Crippen molar-refractivity contribution in [3.8, 4) is 0 Å². The van der Waals surface area contributed by atoms with Gasteiger partial charge in [0.1, 0.15) is 0 Å². The van der Waals surface area contributed by atoms with Gasteiger partial charge in [0, 0.05) is 0 Å². The molecule has 0 radical (unpaired) electrons. The molecule has 31 heavy (non-hydrogen) atoms. The van der Waals surface area contributed by atoms with Gasteiger partial charge in [-0.2, -0.15) is 24.3 Å². The van der Waals surface area contributed by atoms with E-state index in [2.05, 4.69) is 76.2 Å². The summed E-state index contributed by atoms with van der Waals surface area (Å²) >= 11 is 0. The standard InChI is InChI=1S/C17H26P.C11H18P.Fe/c1-3-9-15(10-4-1)18(17-13-7-8-14-17)16-11-5-2-6-12-16;1-9(2)12(10(3)4)11-7-5-6-8-11;/h7-8,13-16H,1-6,9-12H2;5-10H,1-4H3;/q2*-1;+2. The second kappa shape index (κ2) is 14.4. The van der Waals surface area contributed by atoms with E-state index in [0.717, 1.165) is 22.6 Å². The first kappa shape index (κ1) is 27.3. The Balaban J connectivity index is 0.000000231. The summed E-state index contributed by atoms with van der Waals surface area (Å²) in [7, 11) is 0.208. The summed E-state index contributed by atoms with van der Waals surface area (Å²) in [5.74, 6) is 0. The normalized spacial score (nSPS) is 18.3. The summed E-state index contributed by atoms with van der Waals surface area (Å²) in [5, 5.41) is 3.29. The number of rotatable bonds is 6. The third-order valence-corrected chi connectivity index (χ3v) is 13.6. The van der Waals surface area contributed by atoms with E-state index in [4.69, 9.17) is 0 Å². The van der Waals surface area contributed by atoms with E-state index >= 15 is 0 Å². The molecule has 2 aromatic rings. The predicted molar refractivity (Wildman–Crippen MR) is 141 cm³/mol. The molecule has 0 spiro atoms. The quantitative estimate of drug-likeness (QED) is 0.213. The van der Waals surface area contributed by atoms with E-state index in [9.17, 15) is 0 Å². The zero-order valence-corrected chi connectivity index (χ0v) is 23.1. The molecular weight excluding hydrogens is 454 g/mol. The molecule has 2 aromatic carbocycles. The minimum Gasteiger partial charge on any atom is -0.213 e. The van der Waals surface area contributed by atoms with Crippen LogP contribution in [0.3, 0.4) is 0 Å². The van der Waals surface area contributed by atoms with Crippen molar-refractivity contribution in [2.75, 3.05) is 0 Å². The topological polar surface area (TPSA) is 0 Å². The second-order valence-corrected chi connectivity index (χ2v) is 16.1. The first-order chi connectivity index (χ1) is 14.6. The van der Waals surface area contributed by atoms with Crippen molar-refractivity contribution in [3.63, 3.8) is 0 Å². The zero-order chi connectivity index (χ0) is 21.3. The van der Waals surface area contributed by atoms with Gasteiger partial charge in [-0.25, -0.2) is 24.3 Å². The van der Waals surface area contributed by atoms with Crippen molar-refractivity contribution in [2.45, 2.75) is 115 Å². The molecule has 0 amide bonds. The van der Waals surface area contributed by atoms with Crippen molar-refractivity contribution < 1.29 is 17.1 Å². The molecule has 0 atom stereocenters. The van der Waals surface area contributed by atoms with Gasteiger partial charge in [-0.05, 0) is 48.3 Å². The monoisotopic (exact) mass is 498 g/mol. The van der Waals surface area contributed by atoms with E-state index in [1.54, 1.807) is 10.6 Å². The third kappa shape index (κ3) is 8.11. The molecule has 2 fully saturated rings. The molecule has 174 valence electrons. The number of hydrogen-bond acceptors (Lipinski definition) is 0. The van der Waals surface area contributed by atoms with Crippen LogP contribution in [0.1, 0.15) is 91.9 Å². The van der Waals surface area contributed by atoms with E-state index in [-0.39, 0.29) is 32.9 Å². The van der Waals surface area contributed by atoms with Gasteiger partial charge in [-0.15, -0.1) is 10.6 Å². The summed E-state index contributed by atoms with van der Waals surface area (Å²) < 4.78 is 0. The van der Waals surface area contributed by atoms with Crippen LogP contribution in [0.25, 0.3) is 0 Å². The van der Waals surface area contributed by atoms with Gasteiger partial charge >= 0.3 is 17.1 Å². The van der Waals surface area contributed by atoms with Crippen LogP contribution in [0.2, 0.25) is 0 Å². The molecule has 3 heteroatoms. The fourth-order valence-electron chi connectivity index (χ4n) is 5.70. The molecule has 0 aromatic heterocycles. The van der Waals surface area contributed by atoms with Crippen LogP contribution in [0.15, 0.2) is 48.5 Å². The molecule has 0 nitrogen and oxygen atoms in total. The molecular formula is C28H44FeP2. The molecule has 0 bridgehead atoms. The van der Waals surface area contributed by atoms with Gasteiger partial charge in [0.2, 0.25) is 0 Å². The average molecular weight is 498 g/mol. The maximum atomic E-state index is 2.43. The Bertz CT molecular complexity index is 636. The second-order valence-electron chi connectivity index (χ2n) is 9.87. The molecule has 2 saturated carbocycles. The average Bonchev–Trinajstić information content (AvgIpc) is 3.45. The Morgan fingerprint density at radius 2 is 1.10 bits per heavy atom. The number of hydrogen-bond donors (Lipinski definition) is 0. The molecule has 0 unspecified atom stereocenters. The first-order valence-electron chi connectivity index (χ1n) is 12.6. The predicted octanol–water partition coefficient (Wildman–Crippen LogP) is 8.51.